The van der Waals surface area contributed by atoms with Crippen LogP contribution in [0.1, 0.15) is 79.1 Å². The topological polar surface area (TPSA) is 57.5 Å². The summed E-state index contributed by atoms with van der Waals surface area (Å²) in [5, 5.41) is 20.2. The largest absolute Gasteiger partial charge is 0.396 e. The lowest BCUT2D eigenvalue weighted by molar-refractivity contribution is -0.174. The Morgan fingerprint density at radius 1 is 1.17 bits per heavy atom. The summed E-state index contributed by atoms with van der Waals surface area (Å²) in [5.41, 5.74) is -0.807. The molecular weight excluding hydrogens is 288 g/mol. The first-order valence-corrected chi connectivity index (χ1v) is 9.49. The first-order valence-electron chi connectivity index (χ1n) is 9.49. The van der Waals surface area contributed by atoms with Gasteiger partial charge in [0.15, 0.2) is 0 Å². The van der Waals surface area contributed by atoms with E-state index in [1.165, 1.54) is 6.29 Å². The van der Waals surface area contributed by atoms with E-state index in [4.69, 9.17) is 5.11 Å². The number of carbonyl (C=O) groups excluding carboxylic acids is 1. The highest BCUT2D eigenvalue weighted by Crippen LogP contribution is 2.62. The van der Waals surface area contributed by atoms with Crippen LogP contribution in [0.2, 0.25) is 0 Å². The molecule has 23 heavy (non-hydrogen) atoms. The van der Waals surface area contributed by atoms with Gasteiger partial charge in [0.05, 0.1) is 5.60 Å². The van der Waals surface area contributed by atoms with Gasteiger partial charge in [0, 0.05) is 12.0 Å². The van der Waals surface area contributed by atoms with Crippen LogP contribution in [-0.2, 0) is 4.79 Å². The van der Waals surface area contributed by atoms with Gasteiger partial charge < -0.3 is 15.0 Å². The Morgan fingerprint density at radius 2 is 1.87 bits per heavy atom. The highest BCUT2D eigenvalue weighted by molar-refractivity contribution is 5.60. The zero-order chi connectivity index (χ0) is 17.3. The summed E-state index contributed by atoms with van der Waals surface area (Å²) in [4.78, 5) is 11.8. The van der Waals surface area contributed by atoms with Crippen LogP contribution in [0.3, 0.4) is 0 Å². The average molecular weight is 325 g/mol. The van der Waals surface area contributed by atoms with Gasteiger partial charge >= 0.3 is 0 Å². The maximum absolute atomic E-state index is 11.8. The molecule has 0 bridgehead atoms. The number of aldehydes is 1. The van der Waals surface area contributed by atoms with E-state index >= 15 is 0 Å². The van der Waals surface area contributed by atoms with E-state index in [1.807, 2.05) is 6.92 Å². The molecule has 0 spiro atoms. The van der Waals surface area contributed by atoms with Crippen LogP contribution in [0.5, 0.6) is 0 Å². The molecule has 2 N–H and O–H groups in total. The molecule has 2 rings (SSSR count). The number of hydrogen-bond donors (Lipinski definition) is 2. The fourth-order valence-corrected chi connectivity index (χ4v) is 5.95. The lowest BCUT2D eigenvalue weighted by Gasteiger charge is -2.60. The maximum atomic E-state index is 11.8. The summed E-state index contributed by atoms with van der Waals surface area (Å²) < 4.78 is 0. The van der Waals surface area contributed by atoms with Crippen molar-refractivity contribution in [3.8, 4) is 0 Å². The monoisotopic (exact) mass is 324 g/mol. The van der Waals surface area contributed by atoms with E-state index in [0.717, 1.165) is 51.4 Å². The number of rotatable bonds is 6. The van der Waals surface area contributed by atoms with Crippen LogP contribution in [-0.4, -0.2) is 28.7 Å². The molecule has 0 radical (unpaired) electrons. The van der Waals surface area contributed by atoms with Gasteiger partial charge in [0.25, 0.3) is 0 Å². The quantitative estimate of drug-likeness (QED) is 0.727. The maximum Gasteiger partial charge on any atom is 0.126 e. The van der Waals surface area contributed by atoms with Crippen molar-refractivity contribution in [1.29, 1.82) is 0 Å². The SMILES string of the molecule is CC(CCO)CCC1C(C)(O)CCC2C(C)(C=O)CCCC12C. The summed E-state index contributed by atoms with van der Waals surface area (Å²) in [5.74, 6) is 1.12. The van der Waals surface area contributed by atoms with E-state index in [2.05, 4.69) is 20.8 Å². The van der Waals surface area contributed by atoms with E-state index in [0.29, 0.717) is 11.8 Å². The molecule has 2 saturated carbocycles. The minimum Gasteiger partial charge on any atom is -0.396 e. The Hall–Kier alpha value is -0.410. The molecule has 2 aliphatic rings. The predicted molar refractivity (Wildman–Crippen MR) is 93.1 cm³/mol. The summed E-state index contributed by atoms with van der Waals surface area (Å²) in [6, 6.07) is 0. The van der Waals surface area contributed by atoms with Crippen molar-refractivity contribution in [3.05, 3.63) is 0 Å². The van der Waals surface area contributed by atoms with E-state index in [-0.39, 0.29) is 23.4 Å². The van der Waals surface area contributed by atoms with Crippen molar-refractivity contribution in [2.75, 3.05) is 6.61 Å². The van der Waals surface area contributed by atoms with Gasteiger partial charge in [-0.2, -0.15) is 0 Å². The van der Waals surface area contributed by atoms with Crippen molar-refractivity contribution >= 4 is 6.29 Å². The molecule has 0 saturated heterocycles. The Morgan fingerprint density at radius 3 is 2.48 bits per heavy atom. The fraction of sp³-hybridized carbons (Fsp3) is 0.950. The van der Waals surface area contributed by atoms with E-state index in [9.17, 15) is 9.90 Å². The molecular formula is C20H36O3. The third kappa shape index (κ3) is 3.51. The smallest absolute Gasteiger partial charge is 0.126 e. The van der Waals surface area contributed by atoms with Crippen LogP contribution in [0.4, 0.5) is 0 Å². The van der Waals surface area contributed by atoms with Crippen LogP contribution in [0.15, 0.2) is 0 Å². The standard InChI is InChI=1S/C20H36O3/c1-15(9-13-21)6-7-17-19(3)11-5-10-18(2,14-22)16(19)8-12-20(17,4)23/h14-17,21,23H,5-13H2,1-4H3. The molecule has 3 nitrogen and oxygen atoms in total. The summed E-state index contributed by atoms with van der Waals surface area (Å²) in [6.07, 6.45) is 9.03. The average Bonchev–Trinajstić information content (AvgIpc) is 2.46. The van der Waals surface area contributed by atoms with Crippen molar-refractivity contribution < 1.29 is 15.0 Å². The predicted octanol–water partition coefficient (Wildman–Crippen LogP) is 3.96. The van der Waals surface area contributed by atoms with Crippen molar-refractivity contribution in [1.82, 2.24) is 0 Å². The zero-order valence-electron chi connectivity index (χ0n) is 15.5. The normalized spacial score (nSPS) is 45.3. The number of fused-ring (bicyclic) bond motifs is 1. The molecule has 134 valence electrons. The number of aliphatic hydroxyl groups is 2. The molecule has 0 heterocycles. The molecule has 0 aromatic carbocycles. The van der Waals surface area contributed by atoms with Gasteiger partial charge in [-0.05, 0) is 68.6 Å². The second kappa shape index (κ2) is 6.84. The summed E-state index contributed by atoms with van der Waals surface area (Å²) in [6.45, 7) is 8.89. The van der Waals surface area contributed by atoms with E-state index < -0.39 is 5.60 Å². The highest BCUT2D eigenvalue weighted by Gasteiger charge is 2.58. The molecule has 0 aromatic heterocycles. The summed E-state index contributed by atoms with van der Waals surface area (Å²) in [7, 11) is 0. The number of carbonyl (C=O) groups is 1. The second-order valence-corrected chi connectivity index (χ2v) is 9.18. The van der Waals surface area contributed by atoms with Crippen LogP contribution < -0.4 is 0 Å². The van der Waals surface area contributed by atoms with Crippen LogP contribution in [0.25, 0.3) is 0 Å². The molecule has 6 atom stereocenters. The number of hydrogen-bond acceptors (Lipinski definition) is 3. The third-order valence-corrected chi connectivity index (χ3v) is 7.35. The lowest BCUT2D eigenvalue weighted by Crippen LogP contribution is -2.58. The Kier molecular flexibility index (Phi) is 5.62. The van der Waals surface area contributed by atoms with Crippen LogP contribution in [0, 0.1) is 28.6 Å². The second-order valence-electron chi connectivity index (χ2n) is 9.18. The highest BCUT2D eigenvalue weighted by atomic mass is 16.3. The van der Waals surface area contributed by atoms with Gasteiger partial charge in [-0.25, -0.2) is 0 Å². The molecule has 2 aliphatic carbocycles. The van der Waals surface area contributed by atoms with Gasteiger partial charge in [-0.3, -0.25) is 0 Å². The Bertz CT molecular complexity index is 419. The Labute approximate surface area is 141 Å². The van der Waals surface area contributed by atoms with Crippen molar-refractivity contribution in [2.45, 2.75) is 84.7 Å². The third-order valence-electron chi connectivity index (χ3n) is 7.35. The molecule has 0 aliphatic heterocycles. The van der Waals surface area contributed by atoms with Crippen LogP contribution >= 0.6 is 0 Å². The Balaban J connectivity index is 2.23. The van der Waals surface area contributed by atoms with Gasteiger partial charge in [0.2, 0.25) is 0 Å². The zero-order valence-corrected chi connectivity index (χ0v) is 15.5. The minimum atomic E-state index is -0.634. The van der Waals surface area contributed by atoms with Gasteiger partial charge in [0.1, 0.15) is 6.29 Å². The molecule has 3 heteroatoms. The molecule has 0 amide bonds. The lowest BCUT2D eigenvalue weighted by atomic mass is 9.45. The number of aliphatic hydroxyl groups excluding tert-OH is 1. The van der Waals surface area contributed by atoms with Crippen molar-refractivity contribution in [3.63, 3.8) is 0 Å². The van der Waals surface area contributed by atoms with Gasteiger partial charge in [-0.1, -0.05) is 33.6 Å². The minimum absolute atomic E-state index is 0.0502. The molecule has 0 aromatic rings. The van der Waals surface area contributed by atoms with Crippen molar-refractivity contribution in [2.24, 2.45) is 28.6 Å². The summed E-state index contributed by atoms with van der Waals surface area (Å²) >= 11 is 0. The first-order chi connectivity index (χ1) is 10.7. The molecule has 6 unspecified atom stereocenters. The first kappa shape index (κ1) is 18.9. The molecule has 2 fully saturated rings. The van der Waals surface area contributed by atoms with E-state index in [1.54, 1.807) is 0 Å². The van der Waals surface area contributed by atoms with Gasteiger partial charge in [-0.15, -0.1) is 0 Å². The fourth-order valence-electron chi connectivity index (χ4n) is 5.95.